The Morgan fingerprint density at radius 2 is 1.61 bits per heavy atom. The van der Waals surface area contributed by atoms with E-state index in [2.05, 4.69) is 17.0 Å². The zero-order valence-corrected chi connectivity index (χ0v) is 15.4. The van der Waals surface area contributed by atoms with Crippen LogP contribution < -0.4 is 0 Å². The first-order valence-corrected chi connectivity index (χ1v) is 9.61. The fourth-order valence-electron chi connectivity index (χ4n) is 4.91. The Bertz CT molecular complexity index is 822. The van der Waals surface area contributed by atoms with E-state index in [1.165, 1.54) is 5.56 Å². The molecule has 0 aliphatic carbocycles. The van der Waals surface area contributed by atoms with Crippen LogP contribution in [-0.4, -0.2) is 27.7 Å². The molecule has 2 fully saturated rings. The summed E-state index contributed by atoms with van der Waals surface area (Å²) in [4.78, 5) is 2.40. The Morgan fingerprint density at radius 1 is 0.964 bits per heavy atom. The van der Waals surface area contributed by atoms with Crippen molar-refractivity contribution < 1.29 is 22.7 Å². The number of hydrogen-bond acceptors (Lipinski definition) is 2. The molecule has 0 saturated carbocycles. The van der Waals surface area contributed by atoms with Gasteiger partial charge in [-0.25, -0.2) is 4.39 Å². The summed E-state index contributed by atoms with van der Waals surface area (Å²) in [5, 5.41) is 11.1. The van der Waals surface area contributed by atoms with E-state index in [9.17, 15) is 22.7 Å². The Balaban J connectivity index is 1.50. The third-order valence-corrected chi connectivity index (χ3v) is 6.03. The second-order valence-corrected chi connectivity index (χ2v) is 8.20. The number of rotatable bonds is 4. The smallest absolute Gasteiger partial charge is 0.389 e. The molecule has 0 aromatic heterocycles. The average molecular weight is 393 g/mol. The van der Waals surface area contributed by atoms with Crippen LogP contribution in [0.15, 0.2) is 48.5 Å². The summed E-state index contributed by atoms with van der Waals surface area (Å²) in [5.74, 6) is -0.919. The van der Waals surface area contributed by atoms with E-state index in [0.717, 1.165) is 31.5 Å². The molecule has 0 spiro atoms. The van der Waals surface area contributed by atoms with Crippen molar-refractivity contribution in [1.29, 1.82) is 0 Å². The standard InChI is InChI=1S/C22H23F4NO/c23-18-9-16(8-17(10-18)22(24,25)26)11-21(28)12-19-6-7-20(13-21)27(19)14-15-4-2-1-3-5-15/h1-5,8-10,19-20,28H,6-7,11-14H2. The number of piperidine rings is 1. The number of fused-ring (bicyclic) bond motifs is 2. The Labute approximate surface area is 161 Å². The van der Waals surface area contributed by atoms with E-state index in [1.54, 1.807) is 0 Å². The Hall–Kier alpha value is -1.92. The van der Waals surface area contributed by atoms with E-state index in [1.807, 2.05) is 18.2 Å². The van der Waals surface area contributed by atoms with Crippen molar-refractivity contribution in [3.05, 3.63) is 71.0 Å². The van der Waals surface area contributed by atoms with Gasteiger partial charge in [0.05, 0.1) is 11.2 Å². The second-order valence-electron chi connectivity index (χ2n) is 8.20. The number of aliphatic hydroxyl groups is 1. The van der Waals surface area contributed by atoms with E-state index in [0.29, 0.717) is 18.9 Å². The van der Waals surface area contributed by atoms with Crippen LogP contribution >= 0.6 is 0 Å². The molecule has 150 valence electrons. The maximum Gasteiger partial charge on any atom is 0.416 e. The minimum Gasteiger partial charge on any atom is -0.389 e. The number of nitrogens with zero attached hydrogens (tertiary/aromatic N) is 1. The van der Waals surface area contributed by atoms with Gasteiger partial charge in [0.1, 0.15) is 5.82 Å². The predicted octanol–water partition coefficient (Wildman–Crippen LogP) is 4.95. The molecule has 2 nitrogen and oxygen atoms in total. The lowest BCUT2D eigenvalue weighted by atomic mass is 9.81. The SMILES string of the molecule is OC1(Cc2cc(F)cc(C(F)(F)F)c2)CC2CCC(C1)N2Cc1ccccc1. The van der Waals surface area contributed by atoms with Gasteiger partial charge < -0.3 is 5.11 Å². The van der Waals surface area contributed by atoms with Crippen molar-refractivity contribution in [1.82, 2.24) is 4.90 Å². The highest BCUT2D eigenvalue weighted by molar-refractivity contribution is 5.28. The maximum absolute atomic E-state index is 13.7. The first kappa shape index (κ1) is 19.4. The summed E-state index contributed by atoms with van der Waals surface area (Å²) in [5.41, 5.74) is -0.693. The molecule has 0 radical (unpaired) electrons. The lowest BCUT2D eigenvalue weighted by Crippen LogP contribution is -2.51. The van der Waals surface area contributed by atoms with Crippen LogP contribution in [-0.2, 0) is 19.1 Å². The van der Waals surface area contributed by atoms with Gasteiger partial charge in [0.2, 0.25) is 0 Å². The zero-order valence-electron chi connectivity index (χ0n) is 15.4. The first-order valence-electron chi connectivity index (χ1n) is 9.61. The van der Waals surface area contributed by atoms with Crippen LogP contribution in [0.3, 0.4) is 0 Å². The first-order chi connectivity index (χ1) is 13.2. The Kier molecular flexibility index (Phi) is 4.96. The molecule has 2 heterocycles. The van der Waals surface area contributed by atoms with Crippen LogP contribution in [0.25, 0.3) is 0 Å². The molecule has 0 amide bonds. The molecule has 2 aliphatic heterocycles. The normalized spacial score (nSPS) is 27.9. The summed E-state index contributed by atoms with van der Waals surface area (Å²) in [7, 11) is 0. The van der Waals surface area contributed by atoms with Gasteiger partial charge in [0, 0.05) is 25.0 Å². The summed E-state index contributed by atoms with van der Waals surface area (Å²) in [6, 6.07) is 13.1. The molecule has 2 unspecified atom stereocenters. The van der Waals surface area contributed by atoms with Gasteiger partial charge in [-0.05, 0) is 55.0 Å². The zero-order chi connectivity index (χ0) is 19.9. The topological polar surface area (TPSA) is 23.5 Å². The van der Waals surface area contributed by atoms with Gasteiger partial charge in [-0.1, -0.05) is 30.3 Å². The van der Waals surface area contributed by atoms with Crippen molar-refractivity contribution >= 4 is 0 Å². The number of alkyl halides is 3. The third-order valence-electron chi connectivity index (χ3n) is 6.03. The van der Waals surface area contributed by atoms with Crippen molar-refractivity contribution in [3.8, 4) is 0 Å². The number of halogens is 4. The molecule has 2 saturated heterocycles. The third kappa shape index (κ3) is 4.08. The largest absolute Gasteiger partial charge is 0.416 e. The van der Waals surface area contributed by atoms with Gasteiger partial charge in [0.15, 0.2) is 0 Å². The summed E-state index contributed by atoms with van der Waals surface area (Å²) in [6.07, 6.45) is -1.63. The number of benzene rings is 2. The average Bonchev–Trinajstić information content (AvgIpc) is 2.85. The van der Waals surface area contributed by atoms with E-state index in [-0.39, 0.29) is 24.1 Å². The number of hydrogen-bond donors (Lipinski definition) is 1. The molecule has 2 atom stereocenters. The Morgan fingerprint density at radius 3 is 2.21 bits per heavy atom. The molecule has 2 aromatic rings. The summed E-state index contributed by atoms with van der Waals surface area (Å²) in [6.45, 7) is 0.810. The highest BCUT2D eigenvalue weighted by Gasteiger charge is 2.47. The molecule has 28 heavy (non-hydrogen) atoms. The minimum atomic E-state index is -4.60. The monoisotopic (exact) mass is 393 g/mol. The van der Waals surface area contributed by atoms with Crippen LogP contribution in [0.4, 0.5) is 17.6 Å². The van der Waals surface area contributed by atoms with Gasteiger partial charge >= 0.3 is 6.18 Å². The van der Waals surface area contributed by atoms with Gasteiger partial charge in [-0.3, -0.25) is 4.90 Å². The molecular formula is C22H23F4NO. The van der Waals surface area contributed by atoms with E-state index < -0.39 is 23.2 Å². The molecule has 2 aliphatic rings. The lowest BCUT2D eigenvalue weighted by Gasteiger charge is -2.44. The van der Waals surface area contributed by atoms with Gasteiger partial charge in [0.25, 0.3) is 0 Å². The fraction of sp³-hybridized carbons (Fsp3) is 0.455. The summed E-state index contributed by atoms with van der Waals surface area (Å²) < 4.78 is 52.7. The van der Waals surface area contributed by atoms with Crippen LogP contribution in [0, 0.1) is 5.82 Å². The van der Waals surface area contributed by atoms with E-state index >= 15 is 0 Å². The van der Waals surface area contributed by atoms with Crippen molar-refractivity contribution in [3.63, 3.8) is 0 Å². The quantitative estimate of drug-likeness (QED) is 0.744. The second kappa shape index (κ2) is 7.16. The molecular weight excluding hydrogens is 370 g/mol. The van der Waals surface area contributed by atoms with E-state index in [4.69, 9.17) is 0 Å². The van der Waals surface area contributed by atoms with Crippen LogP contribution in [0.1, 0.15) is 42.4 Å². The summed E-state index contributed by atoms with van der Waals surface area (Å²) >= 11 is 0. The molecule has 1 N–H and O–H groups in total. The van der Waals surface area contributed by atoms with Gasteiger partial charge in [-0.2, -0.15) is 13.2 Å². The lowest BCUT2D eigenvalue weighted by molar-refractivity contribution is -0.137. The van der Waals surface area contributed by atoms with Gasteiger partial charge in [-0.15, -0.1) is 0 Å². The van der Waals surface area contributed by atoms with Crippen LogP contribution in [0.2, 0.25) is 0 Å². The van der Waals surface area contributed by atoms with Crippen LogP contribution in [0.5, 0.6) is 0 Å². The highest BCUT2D eigenvalue weighted by Crippen LogP contribution is 2.43. The molecule has 2 bridgehead atoms. The fourth-order valence-corrected chi connectivity index (χ4v) is 4.91. The minimum absolute atomic E-state index is 0.0417. The molecule has 4 rings (SSSR count). The van der Waals surface area contributed by atoms with Crippen molar-refractivity contribution in [2.75, 3.05) is 0 Å². The highest BCUT2D eigenvalue weighted by atomic mass is 19.4. The molecule has 6 heteroatoms. The van der Waals surface area contributed by atoms with Crippen molar-refractivity contribution in [2.24, 2.45) is 0 Å². The predicted molar refractivity (Wildman–Crippen MR) is 98.1 cm³/mol. The van der Waals surface area contributed by atoms with Crippen molar-refractivity contribution in [2.45, 2.75) is 62.5 Å². The maximum atomic E-state index is 13.7. The molecule has 2 aromatic carbocycles.